The molecule has 1 amide bonds. The Morgan fingerprint density at radius 3 is 2.41 bits per heavy atom. The van der Waals surface area contributed by atoms with Gasteiger partial charge in [0.05, 0.1) is 30.9 Å². The molecule has 4 rings (SSSR count). The number of benzene rings is 3. The van der Waals surface area contributed by atoms with Gasteiger partial charge in [-0.2, -0.15) is 0 Å². The summed E-state index contributed by atoms with van der Waals surface area (Å²) < 4.78 is 11.1. The van der Waals surface area contributed by atoms with Gasteiger partial charge in [-0.3, -0.25) is 14.5 Å². The quantitative estimate of drug-likeness (QED) is 0.234. The number of amides is 1. The highest BCUT2D eigenvalue weighted by atomic mass is 35.5. The van der Waals surface area contributed by atoms with Crippen LogP contribution in [0.2, 0.25) is 5.02 Å². The maximum Gasteiger partial charge on any atom is 0.300 e. The van der Waals surface area contributed by atoms with Crippen LogP contribution in [0.25, 0.3) is 5.76 Å². The molecule has 2 N–H and O–H groups in total. The van der Waals surface area contributed by atoms with E-state index in [1.807, 2.05) is 26.8 Å². The first-order chi connectivity index (χ1) is 17.6. The lowest BCUT2D eigenvalue weighted by molar-refractivity contribution is -0.132. The zero-order valence-electron chi connectivity index (χ0n) is 21.3. The molecular formula is C29H28ClNO6. The number of aromatic hydroxyl groups is 1. The van der Waals surface area contributed by atoms with Crippen LogP contribution in [0.3, 0.4) is 0 Å². The fraction of sp³-hybridized carbons (Fsp3) is 0.241. The Morgan fingerprint density at radius 1 is 1.03 bits per heavy atom. The van der Waals surface area contributed by atoms with Crippen LogP contribution < -0.4 is 14.4 Å². The minimum atomic E-state index is -1.02. The molecule has 1 atom stereocenters. The van der Waals surface area contributed by atoms with Crippen molar-refractivity contribution in [3.05, 3.63) is 86.9 Å². The molecule has 1 aliphatic rings. The summed E-state index contributed by atoms with van der Waals surface area (Å²) in [6.45, 7) is 7.60. The highest BCUT2D eigenvalue weighted by molar-refractivity contribution is 6.52. The number of phenols is 1. The smallest absolute Gasteiger partial charge is 0.300 e. The number of hydrogen-bond acceptors (Lipinski definition) is 6. The van der Waals surface area contributed by atoms with Crippen molar-refractivity contribution in [3.63, 3.8) is 0 Å². The fourth-order valence-corrected chi connectivity index (χ4v) is 4.84. The van der Waals surface area contributed by atoms with Gasteiger partial charge in [0.15, 0.2) is 11.5 Å². The number of aliphatic hydroxyl groups excluding tert-OH is 1. The molecule has 0 aromatic heterocycles. The van der Waals surface area contributed by atoms with E-state index >= 15 is 0 Å². The van der Waals surface area contributed by atoms with Gasteiger partial charge >= 0.3 is 0 Å². The first-order valence-electron chi connectivity index (χ1n) is 11.8. The largest absolute Gasteiger partial charge is 0.507 e. The summed E-state index contributed by atoms with van der Waals surface area (Å²) in [5.74, 6) is -1.54. The minimum absolute atomic E-state index is 0.0862. The molecule has 3 aromatic carbocycles. The number of rotatable bonds is 6. The van der Waals surface area contributed by atoms with Gasteiger partial charge in [-0.25, -0.2) is 0 Å². The van der Waals surface area contributed by atoms with Crippen LogP contribution in [0.4, 0.5) is 5.69 Å². The summed E-state index contributed by atoms with van der Waals surface area (Å²) >= 11 is 6.37. The predicted molar refractivity (Wildman–Crippen MR) is 143 cm³/mol. The number of carbonyl (C=O) groups is 2. The van der Waals surface area contributed by atoms with Gasteiger partial charge in [-0.05, 0) is 80.3 Å². The molecule has 192 valence electrons. The van der Waals surface area contributed by atoms with Crippen LogP contribution >= 0.6 is 11.6 Å². The second-order valence-corrected chi connectivity index (χ2v) is 9.33. The fourth-order valence-electron chi connectivity index (χ4n) is 4.66. The van der Waals surface area contributed by atoms with Crippen molar-refractivity contribution in [2.75, 3.05) is 18.6 Å². The van der Waals surface area contributed by atoms with E-state index < -0.39 is 17.7 Å². The number of hydrogen-bond donors (Lipinski definition) is 2. The average Bonchev–Trinajstić information content (AvgIpc) is 3.12. The number of anilines is 1. The van der Waals surface area contributed by atoms with Crippen LogP contribution in [0.5, 0.6) is 17.2 Å². The number of nitrogens with zero attached hydrogens (tertiary/aromatic N) is 1. The summed E-state index contributed by atoms with van der Waals surface area (Å²) in [7, 11) is 1.48. The van der Waals surface area contributed by atoms with E-state index in [0.29, 0.717) is 34.2 Å². The van der Waals surface area contributed by atoms with E-state index in [1.54, 1.807) is 43.3 Å². The summed E-state index contributed by atoms with van der Waals surface area (Å²) in [5.41, 5.74) is 3.46. The number of carbonyl (C=O) groups excluding carboxylic acids is 2. The van der Waals surface area contributed by atoms with Crippen LogP contribution in [0.15, 0.2) is 54.1 Å². The maximum atomic E-state index is 13.5. The third-order valence-electron chi connectivity index (χ3n) is 6.36. The maximum absolute atomic E-state index is 13.5. The Balaban J connectivity index is 2.03. The monoisotopic (exact) mass is 521 g/mol. The van der Waals surface area contributed by atoms with Gasteiger partial charge in [0, 0.05) is 10.7 Å². The van der Waals surface area contributed by atoms with Gasteiger partial charge in [-0.1, -0.05) is 29.8 Å². The molecule has 1 heterocycles. The first-order valence-corrected chi connectivity index (χ1v) is 12.1. The number of methoxy groups -OCH3 is 1. The number of aryl methyl sites for hydroxylation is 3. The molecule has 8 heteroatoms. The molecule has 0 radical (unpaired) electrons. The van der Waals surface area contributed by atoms with E-state index in [4.69, 9.17) is 21.1 Å². The normalized spacial score (nSPS) is 16.8. The molecule has 1 fully saturated rings. The summed E-state index contributed by atoms with van der Waals surface area (Å²) in [5, 5.41) is 22.3. The SMILES string of the molecule is CCOc1cc(C2/C(=C(\O)c3cc(C)cc(C)c3OC)C(=O)C(=O)N2c2ccc(C)c(Cl)c2)ccc1O. The lowest BCUT2D eigenvalue weighted by Gasteiger charge is -2.26. The molecular weight excluding hydrogens is 494 g/mol. The number of halogens is 1. The molecule has 7 nitrogen and oxygen atoms in total. The Labute approximate surface area is 220 Å². The van der Waals surface area contributed by atoms with Crippen LogP contribution in [-0.4, -0.2) is 35.6 Å². The topological polar surface area (TPSA) is 96.3 Å². The standard InChI is InChI=1S/C29H28ClNO6/c1-6-37-23-13-18(8-10-22(23)32)25-24(26(33)20-12-15(2)11-17(4)28(20)36-5)27(34)29(35)31(25)19-9-7-16(3)21(30)14-19/h7-14,25,32-33H,6H2,1-5H3/b26-24+. The van der Waals surface area contributed by atoms with E-state index in [9.17, 15) is 19.8 Å². The molecule has 0 aliphatic carbocycles. The number of ketones is 1. The van der Waals surface area contributed by atoms with E-state index in [-0.39, 0.29) is 22.8 Å². The minimum Gasteiger partial charge on any atom is -0.507 e. The zero-order chi connectivity index (χ0) is 27.0. The third kappa shape index (κ3) is 4.62. The van der Waals surface area contributed by atoms with Crippen LogP contribution in [-0.2, 0) is 9.59 Å². The molecule has 3 aromatic rings. The van der Waals surface area contributed by atoms with Gasteiger partial charge < -0.3 is 19.7 Å². The number of aliphatic hydroxyl groups is 1. The van der Waals surface area contributed by atoms with E-state index in [1.165, 1.54) is 18.1 Å². The molecule has 0 spiro atoms. The first kappa shape index (κ1) is 26.1. The van der Waals surface area contributed by atoms with Gasteiger partial charge in [0.25, 0.3) is 11.7 Å². The predicted octanol–water partition coefficient (Wildman–Crippen LogP) is 6.00. The van der Waals surface area contributed by atoms with Crippen molar-refractivity contribution in [3.8, 4) is 17.2 Å². The summed E-state index contributed by atoms with van der Waals surface area (Å²) in [6.07, 6.45) is 0. The van der Waals surface area contributed by atoms with Crippen molar-refractivity contribution in [1.82, 2.24) is 0 Å². The molecule has 0 saturated carbocycles. The Kier molecular flexibility index (Phi) is 7.18. The van der Waals surface area contributed by atoms with Crippen LogP contribution in [0, 0.1) is 20.8 Å². The number of phenolic OH excluding ortho intramolecular Hbond substituents is 1. The highest BCUT2D eigenvalue weighted by Gasteiger charge is 2.47. The van der Waals surface area contributed by atoms with Crippen LogP contribution in [0.1, 0.15) is 40.8 Å². The van der Waals surface area contributed by atoms with E-state index in [0.717, 1.165) is 16.7 Å². The highest BCUT2D eigenvalue weighted by Crippen LogP contribution is 2.45. The molecule has 37 heavy (non-hydrogen) atoms. The lowest BCUT2D eigenvalue weighted by atomic mass is 9.93. The van der Waals surface area contributed by atoms with Gasteiger partial charge in [-0.15, -0.1) is 0 Å². The Hall–Kier alpha value is -3.97. The van der Waals surface area contributed by atoms with Crippen molar-refractivity contribution in [1.29, 1.82) is 0 Å². The Morgan fingerprint density at radius 2 is 1.76 bits per heavy atom. The van der Waals surface area contributed by atoms with Crippen molar-refractivity contribution in [2.45, 2.75) is 33.7 Å². The number of ether oxygens (including phenoxy) is 2. The summed E-state index contributed by atoms with van der Waals surface area (Å²) in [4.78, 5) is 28.3. The average molecular weight is 522 g/mol. The van der Waals surface area contributed by atoms with Gasteiger partial charge in [0.1, 0.15) is 11.5 Å². The van der Waals surface area contributed by atoms with Gasteiger partial charge in [0.2, 0.25) is 0 Å². The van der Waals surface area contributed by atoms with E-state index in [2.05, 4.69) is 0 Å². The van der Waals surface area contributed by atoms with Crippen molar-refractivity contribution < 1.29 is 29.3 Å². The van der Waals surface area contributed by atoms with Crippen molar-refractivity contribution in [2.24, 2.45) is 0 Å². The molecule has 0 bridgehead atoms. The molecule has 1 unspecified atom stereocenters. The third-order valence-corrected chi connectivity index (χ3v) is 6.76. The Bertz CT molecular complexity index is 1440. The lowest BCUT2D eigenvalue weighted by Crippen LogP contribution is -2.29. The van der Waals surface area contributed by atoms with Crippen molar-refractivity contribution >= 4 is 34.7 Å². The number of Topliss-reactive ketones (excluding diaryl/α,β-unsaturated/α-hetero) is 1. The second-order valence-electron chi connectivity index (χ2n) is 8.93. The molecule has 1 aliphatic heterocycles. The molecule has 1 saturated heterocycles. The summed E-state index contributed by atoms with van der Waals surface area (Å²) in [6, 6.07) is 12.2. The zero-order valence-corrected chi connectivity index (χ0v) is 22.0. The second kappa shape index (κ2) is 10.2.